The summed E-state index contributed by atoms with van der Waals surface area (Å²) in [6.45, 7) is 7.57. The van der Waals surface area contributed by atoms with Crippen LogP contribution in [0.2, 0.25) is 0 Å². The van der Waals surface area contributed by atoms with Crippen LogP contribution in [0.25, 0.3) is 0 Å². The Morgan fingerprint density at radius 3 is 2.75 bits per heavy atom. The minimum Gasteiger partial charge on any atom is -0.307 e. The van der Waals surface area contributed by atoms with Crippen LogP contribution in [0.15, 0.2) is 18.2 Å². The van der Waals surface area contributed by atoms with Gasteiger partial charge in [0.15, 0.2) is 11.6 Å². The Labute approximate surface area is 120 Å². The molecule has 1 aliphatic rings. The Balaban J connectivity index is 1.93. The fraction of sp³-hybridized carbons (Fsp3) is 0.625. The summed E-state index contributed by atoms with van der Waals surface area (Å²) in [5.41, 5.74) is 0.806. The number of halogens is 2. The molecular formula is C16H24F2N2. The van der Waals surface area contributed by atoms with E-state index in [1.165, 1.54) is 18.6 Å². The molecule has 1 aliphatic heterocycles. The highest BCUT2D eigenvalue weighted by Crippen LogP contribution is 2.19. The van der Waals surface area contributed by atoms with Crippen molar-refractivity contribution in [2.75, 3.05) is 19.6 Å². The van der Waals surface area contributed by atoms with E-state index in [1.54, 1.807) is 6.07 Å². The summed E-state index contributed by atoms with van der Waals surface area (Å²) in [5.74, 6) is -1.55. The van der Waals surface area contributed by atoms with E-state index in [2.05, 4.69) is 17.1 Å². The smallest absolute Gasteiger partial charge is 0.159 e. The number of hydrogen-bond donors (Lipinski definition) is 1. The van der Waals surface area contributed by atoms with Crippen molar-refractivity contribution in [1.82, 2.24) is 10.2 Å². The maximum absolute atomic E-state index is 13.3. The van der Waals surface area contributed by atoms with Gasteiger partial charge in [-0.1, -0.05) is 13.0 Å². The van der Waals surface area contributed by atoms with Gasteiger partial charge in [-0.05, 0) is 63.5 Å². The van der Waals surface area contributed by atoms with Gasteiger partial charge < -0.3 is 10.2 Å². The number of nitrogens with zero attached hydrogens (tertiary/aromatic N) is 1. The lowest BCUT2D eigenvalue weighted by Crippen LogP contribution is -2.33. The lowest BCUT2D eigenvalue weighted by atomic mass is 10.0. The molecule has 1 fully saturated rings. The first kappa shape index (κ1) is 15.4. The Hall–Kier alpha value is -1.00. The minimum absolute atomic E-state index is 0.0447. The zero-order valence-electron chi connectivity index (χ0n) is 12.3. The molecular weight excluding hydrogens is 258 g/mol. The molecule has 2 nitrogen and oxygen atoms in total. The predicted molar refractivity (Wildman–Crippen MR) is 77.7 cm³/mol. The first-order chi connectivity index (χ1) is 9.60. The first-order valence-electron chi connectivity index (χ1n) is 7.53. The molecule has 0 spiro atoms. The highest BCUT2D eigenvalue weighted by molar-refractivity contribution is 5.20. The van der Waals surface area contributed by atoms with E-state index in [1.807, 2.05) is 6.92 Å². The topological polar surface area (TPSA) is 15.3 Å². The number of rotatable bonds is 4. The molecule has 2 atom stereocenters. The molecule has 0 amide bonds. The monoisotopic (exact) mass is 282 g/mol. The number of benzene rings is 1. The van der Waals surface area contributed by atoms with Crippen molar-refractivity contribution in [3.63, 3.8) is 0 Å². The van der Waals surface area contributed by atoms with Crippen molar-refractivity contribution in [2.24, 2.45) is 0 Å². The summed E-state index contributed by atoms with van der Waals surface area (Å²) >= 11 is 0. The summed E-state index contributed by atoms with van der Waals surface area (Å²) in [6, 6.07) is 4.65. The molecule has 1 aromatic carbocycles. The third-order valence-electron chi connectivity index (χ3n) is 4.20. The first-order valence-corrected chi connectivity index (χ1v) is 7.53. The number of likely N-dealkylation sites (tertiary alicyclic amines) is 1. The second kappa shape index (κ2) is 7.14. The van der Waals surface area contributed by atoms with Crippen LogP contribution in [-0.4, -0.2) is 30.6 Å². The molecule has 4 heteroatoms. The van der Waals surface area contributed by atoms with E-state index in [4.69, 9.17) is 0 Å². The standard InChI is InChI=1S/C16H24F2N2/c1-3-20-9-4-5-14(8-10-20)19-12(2)13-6-7-15(17)16(18)11-13/h6-7,11-12,14,19H,3-5,8-10H2,1-2H3. The third kappa shape index (κ3) is 4.00. The zero-order chi connectivity index (χ0) is 14.5. The SMILES string of the molecule is CCN1CCCC(NC(C)c2ccc(F)c(F)c2)CC1. The van der Waals surface area contributed by atoms with Crippen LogP contribution in [0.1, 0.15) is 44.7 Å². The molecule has 1 heterocycles. The highest BCUT2D eigenvalue weighted by Gasteiger charge is 2.18. The lowest BCUT2D eigenvalue weighted by molar-refractivity contribution is 0.295. The van der Waals surface area contributed by atoms with Crippen molar-refractivity contribution in [1.29, 1.82) is 0 Å². The molecule has 20 heavy (non-hydrogen) atoms. The van der Waals surface area contributed by atoms with Crippen LogP contribution < -0.4 is 5.32 Å². The quantitative estimate of drug-likeness (QED) is 0.909. The van der Waals surface area contributed by atoms with E-state index in [9.17, 15) is 8.78 Å². The molecule has 0 aromatic heterocycles. The van der Waals surface area contributed by atoms with Crippen molar-refractivity contribution in [3.05, 3.63) is 35.4 Å². The van der Waals surface area contributed by atoms with Crippen molar-refractivity contribution in [2.45, 2.75) is 45.2 Å². The summed E-state index contributed by atoms with van der Waals surface area (Å²) in [4.78, 5) is 2.46. The fourth-order valence-electron chi connectivity index (χ4n) is 2.87. The van der Waals surface area contributed by atoms with E-state index in [0.717, 1.165) is 38.0 Å². The maximum Gasteiger partial charge on any atom is 0.159 e. The second-order valence-electron chi connectivity index (χ2n) is 5.62. The highest BCUT2D eigenvalue weighted by atomic mass is 19.2. The molecule has 1 saturated heterocycles. The van der Waals surface area contributed by atoms with Gasteiger partial charge in [0, 0.05) is 12.1 Å². The molecule has 1 N–H and O–H groups in total. The van der Waals surface area contributed by atoms with Crippen LogP contribution in [0.4, 0.5) is 8.78 Å². The van der Waals surface area contributed by atoms with Crippen LogP contribution in [0, 0.1) is 11.6 Å². The van der Waals surface area contributed by atoms with Gasteiger partial charge >= 0.3 is 0 Å². The molecule has 112 valence electrons. The maximum atomic E-state index is 13.3. The van der Waals surface area contributed by atoms with E-state index in [0.29, 0.717) is 6.04 Å². The largest absolute Gasteiger partial charge is 0.307 e. The summed E-state index contributed by atoms with van der Waals surface area (Å²) in [7, 11) is 0. The average molecular weight is 282 g/mol. The fourth-order valence-corrected chi connectivity index (χ4v) is 2.87. The van der Waals surface area contributed by atoms with Crippen LogP contribution in [-0.2, 0) is 0 Å². The van der Waals surface area contributed by atoms with Gasteiger partial charge in [0.2, 0.25) is 0 Å². The Bertz CT molecular complexity index is 436. The van der Waals surface area contributed by atoms with Crippen molar-refractivity contribution < 1.29 is 8.78 Å². The lowest BCUT2D eigenvalue weighted by Gasteiger charge is -2.23. The molecule has 2 rings (SSSR count). The van der Waals surface area contributed by atoms with Gasteiger partial charge in [0.25, 0.3) is 0 Å². The van der Waals surface area contributed by atoms with Crippen molar-refractivity contribution >= 4 is 0 Å². The third-order valence-corrected chi connectivity index (χ3v) is 4.20. The van der Waals surface area contributed by atoms with E-state index < -0.39 is 11.6 Å². The molecule has 0 bridgehead atoms. The van der Waals surface area contributed by atoms with Gasteiger partial charge in [-0.3, -0.25) is 0 Å². The Kier molecular flexibility index (Phi) is 5.49. The average Bonchev–Trinajstić information content (AvgIpc) is 2.67. The van der Waals surface area contributed by atoms with E-state index >= 15 is 0 Å². The summed E-state index contributed by atoms with van der Waals surface area (Å²) in [6.07, 6.45) is 3.45. The van der Waals surface area contributed by atoms with Gasteiger partial charge in [0.05, 0.1) is 0 Å². The summed E-state index contributed by atoms with van der Waals surface area (Å²) < 4.78 is 26.2. The van der Waals surface area contributed by atoms with Gasteiger partial charge in [-0.15, -0.1) is 0 Å². The van der Waals surface area contributed by atoms with Crippen LogP contribution >= 0.6 is 0 Å². The molecule has 0 aliphatic carbocycles. The van der Waals surface area contributed by atoms with Crippen molar-refractivity contribution in [3.8, 4) is 0 Å². The number of hydrogen-bond acceptors (Lipinski definition) is 2. The Morgan fingerprint density at radius 2 is 2.05 bits per heavy atom. The Morgan fingerprint density at radius 1 is 1.25 bits per heavy atom. The van der Waals surface area contributed by atoms with Gasteiger partial charge in [0.1, 0.15) is 0 Å². The molecule has 1 aromatic rings. The van der Waals surface area contributed by atoms with Gasteiger partial charge in [-0.2, -0.15) is 0 Å². The summed E-state index contributed by atoms with van der Waals surface area (Å²) in [5, 5.41) is 3.55. The normalized spacial score (nSPS) is 22.5. The number of nitrogens with one attached hydrogen (secondary N) is 1. The second-order valence-corrected chi connectivity index (χ2v) is 5.62. The molecule has 0 saturated carbocycles. The van der Waals surface area contributed by atoms with Gasteiger partial charge in [-0.25, -0.2) is 8.78 Å². The molecule has 2 unspecified atom stereocenters. The molecule has 0 radical (unpaired) electrons. The van der Waals surface area contributed by atoms with E-state index in [-0.39, 0.29) is 6.04 Å². The van der Waals surface area contributed by atoms with Crippen LogP contribution in [0.3, 0.4) is 0 Å². The van der Waals surface area contributed by atoms with Crippen LogP contribution in [0.5, 0.6) is 0 Å². The predicted octanol–water partition coefficient (Wildman–Crippen LogP) is 3.49. The zero-order valence-corrected chi connectivity index (χ0v) is 12.3. The minimum atomic E-state index is -0.783.